The first-order valence-corrected chi connectivity index (χ1v) is 9.63. The molecule has 136 valence electrons. The zero-order valence-electron chi connectivity index (χ0n) is 14.8. The van der Waals surface area contributed by atoms with Gasteiger partial charge in [0.2, 0.25) is 0 Å². The lowest BCUT2D eigenvalue weighted by Crippen LogP contribution is -2.48. The normalized spacial score (nSPS) is 19.8. The summed E-state index contributed by atoms with van der Waals surface area (Å²) in [5, 5.41) is 7.72. The topological polar surface area (TPSA) is 45.6 Å². The number of ether oxygens (including phenoxy) is 1. The van der Waals surface area contributed by atoms with Crippen molar-refractivity contribution in [2.45, 2.75) is 19.3 Å². The predicted octanol–water partition coefficient (Wildman–Crippen LogP) is 4.16. The maximum atomic E-state index is 6.14. The fraction of sp³-hybridized carbons (Fsp3) is 0.381. The highest BCUT2D eigenvalue weighted by atomic mass is 35.5. The lowest BCUT2D eigenvalue weighted by atomic mass is 9.71. The third-order valence-electron chi connectivity index (χ3n) is 5.32. The summed E-state index contributed by atoms with van der Waals surface area (Å²) in [6, 6.07) is 16.1. The first-order chi connectivity index (χ1) is 12.8. The van der Waals surface area contributed by atoms with Crippen molar-refractivity contribution in [3.63, 3.8) is 0 Å². The van der Waals surface area contributed by atoms with Crippen molar-refractivity contribution in [1.82, 2.24) is 5.32 Å². The summed E-state index contributed by atoms with van der Waals surface area (Å²) in [7, 11) is 0. The maximum Gasteiger partial charge on any atom is 0.137 e. The molecule has 0 atom stereocenters. The van der Waals surface area contributed by atoms with Gasteiger partial charge in [-0.05, 0) is 56.1 Å². The van der Waals surface area contributed by atoms with Gasteiger partial charge in [-0.2, -0.15) is 0 Å². The van der Waals surface area contributed by atoms with Crippen LogP contribution in [-0.4, -0.2) is 32.1 Å². The smallest absolute Gasteiger partial charge is 0.137 e. The van der Waals surface area contributed by atoms with Gasteiger partial charge in [-0.25, -0.2) is 0 Å². The first-order valence-electron chi connectivity index (χ1n) is 9.25. The van der Waals surface area contributed by atoms with Crippen LogP contribution in [-0.2, 0) is 6.42 Å². The molecule has 2 aromatic rings. The molecule has 4 nitrogen and oxygen atoms in total. The Morgan fingerprint density at radius 3 is 2.65 bits per heavy atom. The Morgan fingerprint density at radius 1 is 1.04 bits per heavy atom. The SMILES string of the molecule is Clc1ccccc1OCCN=C1Nc2ccccc2CC12CCNCC2. The molecule has 0 aliphatic carbocycles. The summed E-state index contributed by atoms with van der Waals surface area (Å²) in [5.41, 5.74) is 2.69. The van der Waals surface area contributed by atoms with Gasteiger partial charge in [0.15, 0.2) is 0 Å². The second kappa shape index (κ2) is 7.68. The zero-order valence-corrected chi connectivity index (χ0v) is 15.6. The molecule has 0 aromatic heterocycles. The van der Waals surface area contributed by atoms with Crippen LogP contribution in [0.1, 0.15) is 18.4 Å². The van der Waals surface area contributed by atoms with Crippen molar-refractivity contribution in [1.29, 1.82) is 0 Å². The molecular weight excluding hydrogens is 346 g/mol. The van der Waals surface area contributed by atoms with Crippen molar-refractivity contribution in [3.05, 3.63) is 59.1 Å². The minimum absolute atomic E-state index is 0.115. The number of piperidine rings is 1. The third-order valence-corrected chi connectivity index (χ3v) is 5.63. The van der Waals surface area contributed by atoms with Gasteiger partial charge in [-0.1, -0.05) is 41.9 Å². The number of aliphatic imine (C=N–C) groups is 1. The number of para-hydroxylation sites is 2. The predicted molar refractivity (Wildman–Crippen MR) is 108 cm³/mol. The summed E-state index contributed by atoms with van der Waals surface area (Å²) in [5.74, 6) is 1.83. The average molecular weight is 370 g/mol. The molecule has 2 heterocycles. The second-order valence-corrected chi connectivity index (χ2v) is 7.41. The number of nitrogens with one attached hydrogen (secondary N) is 2. The fourth-order valence-corrected chi connectivity index (χ4v) is 4.10. The summed E-state index contributed by atoms with van der Waals surface area (Å²) in [4.78, 5) is 4.91. The van der Waals surface area contributed by atoms with Crippen LogP contribution < -0.4 is 15.4 Å². The molecule has 2 aromatic carbocycles. The van der Waals surface area contributed by atoms with Crippen LogP contribution >= 0.6 is 11.6 Å². The van der Waals surface area contributed by atoms with Crippen LogP contribution in [0.5, 0.6) is 5.75 Å². The van der Waals surface area contributed by atoms with E-state index in [1.807, 2.05) is 24.3 Å². The molecule has 2 aliphatic rings. The zero-order chi connectivity index (χ0) is 17.8. The summed E-state index contributed by atoms with van der Waals surface area (Å²) in [6.07, 6.45) is 3.28. The monoisotopic (exact) mass is 369 g/mol. The molecule has 1 fully saturated rings. The quantitative estimate of drug-likeness (QED) is 0.795. The van der Waals surface area contributed by atoms with Crippen molar-refractivity contribution < 1.29 is 4.74 Å². The number of fused-ring (bicyclic) bond motifs is 1. The Bertz CT molecular complexity index is 799. The van der Waals surface area contributed by atoms with Crippen LogP contribution in [0.3, 0.4) is 0 Å². The van der Waals surface area contributed by atoms with Crippen molar-refractivity contribution in [2.24, 2.45) is 10.4 Å². The molecule has 2 N–H and O–H groups in total. The van der Waals surface area contributed by atoms with Gasteiger partial charge in [0.05, 0.1) is 11.6 Å². The van der Waals surface area contributed by atoms with Crippen molar-refractivity contribution in [2.75, 3.05) is 31.6 Å². The van der Waals surface area contributed by atoms with Gasteiger partial charge in [-0.3, -0.25) is 4.99 Å². The summed E-state index contributed by atoms with van der Waals surface area (Å²) in [6.45, 7) is 3.22. The van der Waals surface area contributed by atoms with E-state index in [1.54, 1.807) is 0 Å². The molecule has 4 rings (SSSR count). The highest BCUT2D eigenvalue weighted by Gasteiger charge is 2.40. The molecule has 0 amide bonds. The molecule has 26 heavy (non-hydrogen) atoms. The number of anilines is 1. The van der Waals surface area contributed by atoms with Crippen LogP contribution in [0.4, 0.5) is 5.69 Å². The van der Waals surface area contributed by atoms with E-state index in [2.05, 4.69) is 34.9 Å². The molecule has 1 spiro atoms. The second-order valence-electron chi connectivity index (χ2n) is 7.00. The Hall–Kier alpha value is -2.04. The van der Waals surface area contributed by atoms with Gasteiger partial charge in [0.25, 0.3) is 0 Å². The third kappa shape index (κ3) is 3.57. The molecular formula is C21H24ClN3O. The Labute approximate surface area is 159 Å². The van der Waals surface area contributed by atoms with Crippen molar-refractivity contribution >= 4 is 23.1 Å². The van der Waals surface area contributed by atoms with Crippen LogP contribution in [0.15, 0.2) is 53.5 Å². The lowest BCUT2D eigenvalue weighted by Gasteiger charge is -2.42. The standard InChI is InChI=1S/C21H24ClN3O/c22-17-6-2-4-8-19(17)26-14-13-24-20-21(9-11-23-12-10-21)15-16-5-1-3-7-18(16)25-20/h1-8,23H,9-15H2,(H,24,25). The largest absolute Gasteiger partial charge is 0.490 e. The number of hydrogen-bond donors (Lipinski definition) is 2. The number of amidine groups is 1. The van der Waals surface area contributed by atoms with Gasteiger partial charge in [0.1, 0.15) is 18.2 Å². The minimum Gasteiger partial charge on any atom is -0.490 e. The number of rotatable bonds is 4. The number of halogens is 1. The Morgan fingerprint density at radius 2 is 1.81 bits per heavy atom. The highest BCUT2D eigenvalue weighted by molar-refractivity contribution is 6.32. The van der Waals surface area contributed by atoms with E-state index in [-0.39, 0.29) is 5.41 Å². The molecule has 1 saturated heterocycles. The Balaban J connectivity index is 1.49. The van der Waals surface area contributed by atoms with E-state index in [0.717, 1.165) is 38.2 Å². The number of nitrogens with zero attached hydrogens (tertiary/aromatic N) is 1. The van der Waals surface area contributed by atoms with Gasteiger partial charge in [0, 0.05) is 11.1 Å². The van der Waals surface area contributed by atoms with Crippen LogP contribution in [0.25, 0.3) is 0 Å². The van der Waals surface area contributed by atoms with Crippen molar-refractivity contribution in [3.8, 4) is 5.75 Å². The Kier molecular flexibility index (Phi) is 5.14. The highest BCUT2D eigenvalue weighted by Crippen LogP contribution is 2.40. The lowest BCUT2D eigenvalue weighted by molar-refractivity contribution is 0.290. The van der Waals surface area contributed by atoms with E-state index in [0.29, 0.717) is 23.9 Å². The van der Waals surface area contributed by atoms with E-state index in [4.69, 9.17) is 21.3 Å². The van der Waals surface area contributed by atoms with Gasteiger partial charge < -0.3 is 15.4 Å². The summed E-state index contributed by atoms with van der Waals surface area (Å²) >= 11 is 6.14. The van der Waals surface area contributed by atoms with E-state index >= 15 is 0 Å². The van der Waals surface area contributed by atoms with Gasteiger partial charge >= 0.3 is 0 Å². The first kappa shape index (κ1) is 17.4. The average Bonchev–Trinajstić information content (AvgIpc) is 2.67. The molecule has 0 unspecified atom stereocenters. The van der Waals surface area contributed by atoms with E-state index < -0.39 is 0 Å². The fourth-order valence-electron chi connectivity index (χ4n) is 3.91. The molecule has 0 saturated carbocycles. The molecule has 0 bridgehead atoms. The van der Waals surface area contributed by atoms with Crippen LogP contribution in [0.2, 0.25) is 5.02 Å². The maximum absolute atomic E-state index is 6.14. The molecule has 0 radical (unpaired) electrons. The van der Waals surface area contributed by atoms with Crippen LogP contribution in [0, 0.1) is 5.41 Å². The minimum atomic E-state index is 0.115. The van der Waals surface area contributed by atoms with E-state index in [9.17, 15) is 0 Å². The number of hydrogen-bond acceptors (Lipinski definition) is 3. The van der Waals surface area contributed by atoms with E-state index in [1.165, 1.54) is 11.3 Å². The summed E-state index contributed by atoms with van der Waals surface area (Å²) < 4.78 is 5.79. The molecule has 5 heteroatoms. The molecule has 2 aliphatic heterocycles. The van der Waals surface area contributed by atoms with Gasteiger partial charge in [-0.15, -0.1) is 0 Å². The number of benzene rings is 2.